The maximum Gasteiger partial charge on any atom is 0.409 e. The van der Waals surface area contributed by atoms with Crippen LogP contribution >= 0.6 is 0 Å². The third kappa shape index (κ3) is 4.56. The molecule has 1 unspecified atom stereocenters. The normalized spacial score (nSPS) is 19.2. The highest BCUT2D eigenvalue weighted by Crippen LogP contribution is 2.11. The number of amides is 1. The first kappa shape index (κ1) is 13.9. The molecule has 2 rings (SSSR count). The van der Waals surface area contributed by atoms with Crippen LogP contribution in [0.1, 0.15) is 24.8 Å². The van der Waals surface area contributed by atoms with E-state index in [4.69, 9.17) is 4.74 Å². The fraction of sp³-hybridized carbons (Fsp3) is 0.533. The summed E-state index contributed by atoms with van der Waals surface area (Å²) in [4.78, 5) is 13.3. The van der Waals surface area contributed by atoms with Crippen LogP contribution in [0.15, 0.2) is 30.3 Å². The van der Waals surface area contributed by atoms with Crippen molar-refractivity contribution in [1.29, 1.82) is 0 Å². The van der Waals surface area contributed by atoms with Crippen LogP contribution in [0.4, 0.5) is 4.79 Å². The van der Waals surface area contributed by atoms with E-state index in [1.165, 1.54) is 5.56 Å². The Labute approximate surface area is 114 Å². The zero-order valence-corrected chi connectivity index (χ0v) is 11.1. The Morgan fingerprint density at radius 1 is 1.37 bits per heavy atom. The van der Waals surface area contributed by atoms with Crippen molar-refractivity contribution in [2.24, 2.45) is 0 Å². The molecular weight excluding hydrogens is 242 g/mol. The maximum absolute atomic E-state index is 11.7. The van der Waals surface area contributed by atoms with E-state index in [9.17, 15) is 9.90 Å². The molecule has 4 heteroatoms. The third-order valence-corrected chi connectivity index (χ3v) is 3.33. The lowest BCUT2D eigenvalue weighted by atomic mass is 10.1. The van der Waals surface area contributed by atoms with E-state index < -0.39 is 6.10 Å². The van der Waals surface area contributed by atoms with E-state index in [1.807, 2.05) is 18.2 Å². The molecule has 0 aromatic heterocycles. The lowest BCUT2D eigenvalue weighted by Crippen LogP contribution is -2.42. The molecule has 0 radical (unpaired) electrons. The zero-order valence-electron chi connectivity index (χ0n) is 11.1. The predicted molar refractivity (Wildman–Crippen MR) is 72.9 cm³/mol. The van der Waals surface area contributed by atoms with Gasteiger partial charge in [0.25, 0.3) is 0 Å². The minimum Gasteiger partial charge on any atom is -0.449 e. The number of aliphatic hydroxyl groups excluding tert-OH is 1. The molecule has 1 aromatic rings. The highest BCUT2D eigenvalue weighted by atomic mass is 16.6. The molecular formula is C15H21NO3. The fourth-order valence-electron chi connectivity index (χ4n) is 2.29. The molecule has 1 aliphatic rings. The quantitative estimate of drug-likeness (QED) is 0.847. The standard InChI is InChI=1S/C15H21NO3/c17-14-9-4-10-16(12-14)15(18)19-11-5-8-13-6-2-1-3-7-13/h1-3,6-7,14,17H,4-5,8-12H2. The van der Waals surface area contributed by atoms with Gasteiger partial charge in [-0.3, -0.25) is 0 Å². The average Bonchev–Trinajstić information content (AvgIpc) is 2.44. The molecule has 104 valence electrons. The Bertz CT molecular complexity index is 394. The van der Waals surface area contributed by atoms with Gasteiger partial charge in [0, 0.05) is 13.1 Å². The number of carbonyl (C=O) groups is 1. The van der Waals surface area contributed by atoms with Gasteiger partial charge in [-0.05, 0) is 31.2 Å². The second kappa shape index (κ2) is 7.14. The Morgan fingerprint density at radius 3 is 2.89 bits per heavy atom. The van der Waals surface area contributed by atoms with Gasteiger partial charge in [-0.15, -0.1) is 0 Å². The van der Waals surface area contributed by atoms with Crippen LogP contribution < -0.4 is 0 Å². The minimum atomic E-state index is -0.398. The number of rotatable bonds is 4. The topological polar surface area (TPSA) is 49.8 Å². The molecule has 4 nitrogen and oxygen atoms in total. The molecule has 19 heavy (non-hydrogen) atoms. The van der Waals surface area contributed by atoms with Crippen molar-refractivity contribution < 1.29 is 14.6 Å². The van der Waals surface area contributed by atoms with Crippen LogP contribution in [0.25, 0.3) is 0 Å². The maximum atomic E-state index is 11.7. The molecule has 0 bridgehead atoms. The number of hydrogen-bond acceptors (Lipinski definition) is 3. The molecule has 1 heterocycles. The van der Waals surface area contributed by atoms with Crippen LogP contribution in [-0.2, 0) is 11.2 Å². The smallest absolute Gasteiger partial charge is 0.409 e. The van der Waals surface area contributed by atoms with Crippen LogP contribution in [-0.4, -0.2) is 41.9 Å². The summed E-state index contributed by atoms with van der Waals surface area (Å²) >= 11 is 0. The van der Waals surface area contributed by atoms with Crippen molar-refractivity contribution in [2.75, 3.05) is 19.7 Å². The van der Waals surface area contributed by atoms with Crippen molar-refractivity contribution in [3.63, 3.8) is 0 Å². The van der Waals surface area contributed by atoms with E-state index in [0.717, 1.165) is 25.7 Å². The molecule has 1 N–H and O–H groups in total. The second-order valence-electron chi connectivity index (χ2n) is 4.95. The van der Waals surface area contributed by atoms with E-state index in [1.54, 1.807) is 4.90 Å². The summed E-state index contributed by atoms with van der Waals surface area (Å²) < 4.78 is 5.23. The lowest BCUT2D eigenvalue weighted by molar-refractivity contribution is 0.0487. The molecule has 0 spiro atoms. The van der Waals surface area contributed by atoms with Gasteiger partial charge in [0.1, 0.15) is 0 Å². The summed E-state index contributed by atoms with van der Waals surface area (Å²) in [5.41, 5.74) is 1.26. The summed E-state index contributed by atoms with van der Waals surface area (Å²) in [6, 6.07) is 10.2. The SMILES string of the molecule is O=C(OCCCc1ccccc1)N1CCCC(O)C1. The Hall–Kier alpha value is -1.55. The highest BCUT2D eigenvalue weighted by Gasteiger charge is 2.22. The number of aryl methyl sites for hydroxylation is 1. The first-order valence-electron chi connectivity index (χ1n) is 6.89. The molecule has 1 atom stereocenters. The Kier molecular flexibility index (Phi) is 5.21. The van der Waals surface area contributed by atoms with E-state index in [-0.39, 0.29) is 6.09 Å². The minimum absolute atomic E-state index is 0.299. The summed E-state index contributed by atoms with van der Waals surface area (Å²) in [5.74, 6) is 0. The number of nitrogens with zero attached hydrogens (tertiary/aromatic N) is 1. The van der Waals surface area contributed by atoms with Gasteiger partial charge in [-0.1, -0.05) is 30.3 Å². The summed E-state index contributed by atoms with van der Waals surface area (Å²) in [5, 5.41) is 9.50. The van der Waals surface area contributed by atoms with Gasteiger partial charge in [-0.25, -0.2) is 4.79 Å². The van der Waals surface area contributed by atoms with Gasteiger partial charge >= 0.3 is 6.09 Å². The van der Waals surface area contributed by atoms with Crippen molar-refractivity contribution in [3.8, 4) is 0 Å². The predicted octanol–water partition coefficient (Wildman–Crippen LogP) is 2.21. The summed E-state index contributed by atoms with van der Waals surface area (Å²) in [7, 11) is 0. The molecule has 1 aliphatic heterocycles. The molecule has 1 amide bonds. The average molecular weight is 263 g/mol. The van der Waals surface area contributed by atoms with Gasteiger partial charge in [0.05, 0.1) is 12.7 Å². The molecule has 0 aliphatic carbocycles. The summed E-state index contributed by atoms with van der Waals surface area (Å²) in [6.07, 6.45) is 2.67. The van der Waals surface area contributed by atoms with Crippen molar-refractivity contribution >= 4 is 6.09 Å². The van der Waals surface area contributed by atoms with Gasteiger partial charge in [0.2, 0.25) is 0 Å². The number of hydrogen-bond donors (Lipinski definition) is 1. The number of ether oxygens (including phenoxy) is 1. The second-order valence-corrected chi connectivity index (χ2v) is 4.95. The molecule has 1 fully saturated rings. The number of aliphatic hydroxyl groups is 1. The number of carbonyl (C=O) groups excluding carboxylic acids is 1. The fourth-order valence-corrected chi connectivity index (χ4v) is 2.29. The van der Waals surface area contributed by atoms with Crippen molar-refractivity contribution in [3.05, 3.63) is 35.9 Å². The lowest BCUT2D eigenvalue weighted by Gasteiger charge is -2.29. The highest BCUT2D eigenvalue weighted by molar-refractivity contribution is 5.67. The molecule has 1 aromatic carbocycles. The van der Waals surface area contributed by atoms with Gasteiger partial charge in [0.15, 0.2) is 0 Å². The van der Waals surface area contributed by atoms with E-state index in [0.29, 0.717) is 19.7 Å². The summed E-state index contributed by atoms with van der Waals surface area (Å²) in [6.45, 7) is 1.52. The number of benzene rings is 1. The van der Waals surface area contributed by atoms with Crippen LogP contribution in [0, 0.1) is 0 Å². The number of likely N-dealkylation sites (tertiary alicyclic amines) is 1. The number of piperidine rings is 1. The van der Waals surface area contributed by atoms with Crippen LogP contribution in [0.5, 0.6) is 0 Å². The van der Waals surface area contributed by atoms with Crippen molar-refractivity contribution in [1.82, 2.24) is 4.90 Å². The van der Waals surface area contributed by atoms with E-state index >= 15 is 0 Å². The van der Waals surface area contributed by atoms with Gasteiger partial charge in [-0.2, -0.15) is 0 Å². The van der Waals surface area contributed by atoms with Crippen LogP contribution in [0.2, 0.25) is 0 Å². The largest absolute Gasteiger partial charge is 0.449 e. The third-order valence-electron chi connectivity index (χ3n) is 3.33. The first-order valence-corrected chi connectivity index (χ1v) is 6.89. The van der Waals surface area contributed by atoms with E-state index in [2.05, 4.69) is 12.1 Å². The zero-order chi connectivity index (χ0) is 13.5. The molecule has 0 saturated carbocycles. The first-order chi connectivity index (χ1) is 9.25. The monoisotopic (exact) mass is 263 g/mol. The Balaban J connectivity index is 1.64. The van der Waals surface area contributed by atoms with Crippen LogP contribution in [0.3, 0.4) is 0 Å². The molecule has 1 saturated heterocycles. The van der Waals surface area contributed by atoms with Crippen molar-refractivity contribution in [2.45, 2.75) is 31.8 Å². The Morgan fingerprint density at radius 2 is 2.16 bits per heavy atom. The number of β-amino-alcohol motifs (C(OH)–C–C–N with tert-alkyl or cyclic N) is 1. The van der Waals surface area contributed by atoms with Gasteiger partial charge < -0.3 is 14.7 Å².